The number of ether oxygens (including phenoxy) is 1. The normalized spacial score (nSPS) is 18.6. The largest absolute Gasteiger partial charge is 0.494 e. The summed E-state index contributed by atoms with van der Waals surface area (Å²) in [7, 11) is 0. The highest BCUT2D eigenvalue weighted by Gasteiger charge is 2.14. The minimum Gasteiger partial charge on any atom is -0.494 e. The van der Waals surface area contributed by atoms with E-state index in [0.29, 0.717) is 18.1 Å². The minimum atomic E-state index is -0.0162. The van der Waals surface area contributed by atoms with Gasteiger partial charge in [0.05, 0.1) is 6.61 Å². The highest BCUT2D eigenvalue weighted by atomic mass is 16.5. The van der Waals surface area contributed by atoms with Gasteiger partial charge in [-0.1, -0.05) is 13.0 Å². The van der Waals surface area contributed by atoms with Crippen molar-refractivity contribution >= 4 is 5.91 Å². The van der Waals surface area contributed by atoms with Crippen LogP contribution in [0.2, 0.25) is 0 Å². The van der Waals surface area contributed by atoms with Crippen molar-refractivity contribution in [1.82, 2.24) is 10.6 Å². The molecule has 1 fully saturated rings. The van der Waals surface area contributed by atoms with E-state index in [4.69, 9.17) is 4.74 Å². The standard InChI is InChI=1S/C16H24N2O2/c1-2-9-20-15-7-3-6-14(10-15)16(19)18-12-13-5-4-8-17-11-13/h3,6-7,10,13,17H,2,4-5,8-9,11-12H2,1H3,(H,18,19). The van der Waals surface area contributed by atoms with Gasteiger partial charge in [-0.05, 0) is 56.5 Å². The second kappa shape index (κ2) is 7.90. The van der Waals surface area contributed by atoms with Crippen LogP contribution in [0.3, 0.4) is 0 Å². The molecule has 0 spiro atoms. The summed E-state index contributed by atoms with van der Waals surface area (Å²) in [5, 5.41) is 6.38. The summed E-state index contributed by atoms with van der Waals surface area (Å²) in [5.74, 6) is 1.29. The maximum absolute atomic E-state index is 12.1. The lowest BCUT2D eigenvalue weighted by Crippen LogP contribution is -2.38. The molecule has 0 bridgehead atoms. The summed E-state index contributed by atoms with van der Waals surface area (Å²) in [4.78, 5) is 12.1. The molecule has 4 nitrogen and oxygen atoms in total. The molecule has 1 aromatic rings. The van der Waals surface area contributed by atoms with E-state index in [1.165, 1.54) is 12.8 Å². The first-order valence-corrected chi connectivity index (χ1v) is 7.51. The fraction of sp³-hybridized carbons (Fsp3) is 0.562. The zero-order valence-corrected chi connectivity index (χ0v) is 12.2. The fourth-order valence-electron chi connectivity index (χ4n) is 2.38. The third-order valence-corrected chi connectivity index (χ3v) is 3.52. The van der Waals surface area contributed by atoms with E-state index in [-0.39, 0.29) is 5.91 Å². The van der Waals surface area contributed by atoms with Crippen molar-refractivity contribution < 1.29 is 9.53 Å². The third kappa shape index (κ3) is 4.53. The summed E-state index contributed by atoms with van der Waals surface area (Å²) in [5.41, 5.74) is 0.669. The van der Waals surface area contributed by atoms with Crippen LogP contribution in [-0.4, -0.2) is 32.1 Å². The van der Waals surface area contributed by atoms with E-state index in [1.807, 2.05) is 24.3 Å². The number of piperidine rings is 1. The predicted molar refractivity (Wildman–Crippen MR) is 80.2 cm³/mol. The molecule has 1 atom stereocenters. The minimum absolute atomic E-state index is 0.0162. The van der Waals surface area contributed by atoms with Gasteiger partial charge in [0.15, 0.2) is 0 Å². The van der Waals surface area contributed by atoms with E-state index in [0.717, 1.165) is 31.8 Å². The number of carbonyl (C=O) groups excluding carboxylic acids is 1. The average Bonchev–Trinajstić information content (AvgIpc) is 2.52. The Bertz CT molecular complexity index is 428. The number of benzene rings is 1. The summed E-state index contributed by atoms with van der Waals surface area (Å²) in [6.45, 7) is 5.58. The van der Waals surface area contributed by atoms with Crippen LogP contribution < -0.4 is 15.4 Å². The lowest BCUT2D eigenvalue weighted by Gasteiger charge is -2.22. The van der Waals surface area contributed by atoms with E-state index in [2.05, 4.69) is 17.6 Å². The molecule has 1 amide bonds. The molecule has 1 unspecified atom stereocenters. The maximum atomic E-state index is 12.1. The van der Waals surface area contributed by atoms with Crippen molar-refractivity contribution in [3.05, 3.63) is 29.8 Å². The van der Waals surface area contributed by atoms with Crippen LogP contribution >= 0.6 is 0 Å². The summed E-state index contributed by atoms with van der Waals surface area (Å²) in [6, 6.07) is 7.39. The molecule has 1 aliphatic heterocycles. The van der Waals surface area contributed by atoms with Gasteiger partial charge in [0.25, 0.3) is 5.91 Å². The summed E-state index contributed by atoms with van der Waals surface area (Å²) in [6.07, 6.45) is 3.35. The molecule has 0 saturated carbocycles. The van der Waals surface area contributed by atoms with Gasteiger partial charge < -0.3 is 15.4 Å². The van der Waals surface area contributed by atoms with Gasteiger partial charge in [-0.25, -0.2) is 0 Å². The summed E-state index contributed by atoms with van der Waals surface area (Å²) < 4.78 is 5.55. The van der Waals surface area contributed by atoms with Gasteiger partial charge in [-0.15, -0.1) is 0 Å². The smallest absolute Gasteiger partial charge is 0.251 e. The maximum Gasteiger partial charge on any atom is 0.251 e. The zero-order valence-electron chi connectivity index (χ0n) is 12.2. The monoisotopic (exact) mass is 276 g/mol. The number of nitrogens with one attached hydrogen (secondary N) is 2. The van der Waals surface area contributed by atoms with Crippen molar-refractivity contribution in [3.63, 3.8) is 0 Å². The number of hydrogen-bond acceptors (Lipinski definition) is 3. The van der Waals surface area contributed by atoms with Crippen LogP contribution in [0.15, 0.2) is 24.3 Å². The van der Waals surface area contributed by atoms with Gasteiger partial charge in [0, 0.05) is 12.1 Å². The lowest BCUT2D eigenvalue weighted by molar-refractivity contribution is 0.0944. The van der Waals surface area contributed by atoms with Crippen LogP contribution in [0.4, 0.5) is 0 Å². The van der Waals surface area contributed by atoms with Crippen LogP contribution in [0.5, 0.6) is 5.75 Å². The molecule has 110 valence electrons. The topological polar surface area (TPSA) is 50.4 Å². The Balaban J connectivity index is 1.84. The van der Waals surface area contributed by atoms with Crippen molar-refractivity contribution in [2.24, 2.45) is 5.92 Å². The second-order valence-corrected chi connectivity index (χ2v) is 5.30. The van der Waals surface area contributed by atoms with E-state index >= 15 is 0 Å². The van der Waals surface area contributed by atoms with Gasteiger partial charge in [0.2, 0.25) is 0 Å². The van der Waals surface area contributed by atoms with Crippen LogP contribution in [0.25, 0.3) is 0 Å². The first kappa shape index (κ1) is 14.9. The highest BCUT2D eigenvalue weighted by molar-refractivity contribution is 5.94. The molecule has 1 aromatic carbocycles. The molecule has 0 aliphatic carbocycles. The van der Waals surface area contributed by atoms with Gasteiger partial charge >= 0.3 is 0 Å². The number of rotatable bonds is 6. The van der Waals surface area contributed by atoms with E-state index < -0.39 is 0 Å². The Hall–Kier alpha value is -1.55. The molecule has 0 aromatic heterocycles. The van der Waals surface area contributed by atoms with Crippen LogP contribution in [0.1, 0.15) is 36.5 Å². The lowest BCUT2D eigenvalue weighted by atomic mass is 9.99. The van der Waals surface area contributed by atoms with Crippen molar-refractivity contribution in [2.45, 2.75) is 26.2 Å². The van der Waals surface area contributed by atoms with E-state index in [9.17, 15) is 4.79 Å². The molecular weight excluding hydrogens is 252 g/mol. The predicted octanol–water partition coefficient (Wildman–Crippen LogP) is 2.20. The number of amides is 1. The Labute approximate surface area is 120 Å². The molecule has 1 aliphatic rings. The fourth-order valence-corrected chi connectivity index (χ4v) is 2.38. The first-order chi connectivity index (χ1) is 9.79. The molecule has 4 heteroatoms. The highest BCUT2D eigenvalue weighted by Crippen LogP contribution is 2.14. The Morgan fingerprint density at radius 1 is 1.50 bits per heavy atom. The molecule has 20 heavy (non-hydrogen) atoms. The SMILES string of the molecule is CCCOc1cccc(C(=O)NCC2CCCNC2)c1. The van der Waals surface area contributed by atoms with Crippen molar-refractivity contribution in [3.8, 4) is 5.75 Å². The Morgan fingerprint density at radius 3 is 3.15 bits per heavy atom. The van der Waals surface area contributed by atoms with Gasteiger partial charge in [-0.2, -0.15) is 0 Å². The Morgan fingerprint density at radius 2 is 2.40 bits per heavy atom. The van der Waals surface area contributed by atoms with Crippen LogP contribution in [0, 0.1) is 5.92 Å². The molecule has 1 saturated heterocycles. The quantitative estimate of drug-likeness (QED) is 0.837. The van der Waals surface area contributed by atoms with Crippen molar-refractivity contribution in [1.29, 1.82) is 0 Å². The first-order valence-electron chi connectivity index (χ1n) is 7.51. The van der Waals surface area contributed by atoms with E-state index in [1.54, 1.807) is 0 Å². The number of hydrogen-bond donors (Lipinski definition) is 2. The van der Waals surface area contributed by atoms with Crippen molar-refractivity contribution in [2.75, 3.05) is 26.2 Å². The average molecular weight is 276 g/mol. The third-order valence-electron chi connectivity index (χ3n) is 3.52. The molecule has 2 rings (SSSR count). The van der Waals surface area contributed by atoms with Crippen LogP contribution in [-0.2, 0) is 0 Å². The molecule has 0 radical (unpaired) electrons. The molecule has 1 heterocycles. The van der Waals surface area contributed by atoms with Gasteiger partial charge in [0.1, 0.15) is 5.75 Å². The molecular formula is C16H24N2O2. The zero-order chi connectivity index (χ0) is 14.2. The Kier molecular flexibility index (Phi) is 5.87. The summed E-state index contributed by atoms with van der Waals surface area (Å²) >= 11 is 0. The second-order valence-electron chi connectivity index (χ2n) is 5.30. The van der Waals surface area contributed by atoms with Gasteiger partial charge in [-0.3, -0.25) is 4.79 Å². The number of carbonyl (C=O) groups is 1. The molecule has 2 N–H and O–H groups in total.